The first kappa shape index (κ1) is 10.6. The van der Waals surface area contributed by atoms with Crippen LogP contribution in [0.4, 0.5) is 0 Å². The van der Waals surface area contributed by atoms with Crippen molar-refractivity contribution in [2.75, 3.05) is 6.61 Å². The number of thiazole rings is 1. The largest absolute Gasteiger partial charge is 0.452 e. The molecule has 0 saturated heterocycles. The van der Waals surface area contributed by atoms with Crippen LogP contribution in [0.25, 0.3) is 10.2 Å². The number of nitrogens with two attached hydrogens (primary N) is 1. The van der Waals surface area contributed by atoms with E-state index in [1.54, 1.807) is 23.7 Å². The Morgan fingerprint density at radius 2 is 2.25 bits per heavy atom. The number of amides is 1. The third-order valence-corrected chi connectivity index (χ3v) is 2.70. The second kappa shape index (κ2) is 4.28. The molecule has 1 aromatic carbocycles. The second-order valence-electron chi connectivity index (χ2n) is 3.08. The molecule has 1 aromatic heterocycles. The molecule has 0 fully saturated rings. The molecular weight excluding hydrogens is 228 g/mol. The molecule has 0 aliphatic carbocycles. The van der Waals surface area contributed by atoms with Gasteiger partial charge in [0.2, 0.25) is 0 Å². The van der Waals surface area contributed by atoms with E-state index in [4.69, 9.17) is 5.73 Å². The lowest BCUT2D eigenvalue weighted by Gasteiger charge is -2.01. The molecule has 2 N–H and O–H groups in total. The van der Waals surface area contributed by atoms with Crippen molar-refractivity contribution in [3.63, 3.8) is 0 Å². The molecule has 0 bridgehead atoms. The summed E-state index contributed by atoms with van der Waals surface area (Å²) in [5, 5.41) is 0. The van der Waals surface area contributed by atoms with Gasteiger partial charge in [0.05, 0.1) is 21.3 Å². The van der Waals surface area contributed by atoms with Gasteiger partial charge in [-0.15, -0.1) is 11.3 Å². The molecule has 2 aromatic rings. The number of aromatic nitrogens is 1. The highest BCUT2D eigenvalue weighted by molar-refractivity contribution is 7.16. The fourth-order valence-electron chi connectivity index (χ4n) is 1.20. The summed E-state index contributed by atoms with van der Waals surface area (Å²) in [6, 6.07) is 5.01. The third-order valence-electron chi connectivity index (χ3n) is 1.91. The van der Waals surface area contributed by atoms with Crippen LogP contribution in [0.1, 0.15) is 10.4 Å². The molecule has 6 heteroatoms. The van der Waals surface area contributed by atoms with Gasteiger partial charge in [0, 0.05) is 0 Å². The van der Waals surface area contributed by atoms with Crippen LogP contribution in [-0.4, -0.2) is 23.5 Å². The molecule has 82 valence electrons. The number of esters is 1. The lowest BCUT2D eigenvalue weighted by Crippen LogP contribution is -2.20. The van der Waals surface area contributed by atoms with Crippen LogP contribution in [0.2, 0.25) is 0 Å². The zero-order valence-corrected chi connectivity index (χ0v) is 8.99. The van der Waals surface area contributed by atoms with Crippen molar-refractivity contribution in [3.8, 4) is 0 Å². The van der Waals surface area contributed by atoms with Gasteiger partial charge >= 0.3 is 5.97 Å². The van der Waals surface area contributed by atoms with E-state index >= 15 is 0 Å². The molecule has 0 unspecified atom stereocenters. The molecule has 1 amide bonds. The number of carbonyl (C=O) groups excluding carboxylic acids is 2. The van der Waals surface area contributed by atoms with E-state index in [0.29, 0.717) is 5.56 Å². The Balaban J connectivity index is 2.19. The monoisotopic (exact) mass is 236 g/mol. The molecule has 1 heterocycles. The summed E-state index contributed by atoms with van der Waals surface area (Å²) >= 11 is 1.43. The van der Waals surface area contributed by atoms with Gasteiger partial charge in [-0.1, -0.05) is 0 Å². The first-order valence-electron chi connectivity index (χ1n) is 4.45. The highest BCUT2D eigenvalue weighted by atomic mass is 32.1. The van der Waals surface area contributed by atoms with Gasteiger partial charge in [-0.25, -0.2) is 9.78 Å². The van der Waals surface area contributed by atoms with Gasteiger partial charge < -0.3 is 10.5 Å². The number of carbonyl (C=O) groups is 2. The van der Waals surface area contributed by atoms with Gasteiger partial charge in [0.1, 0.15) is 0 Å². The summed E-state index contributed by atoms with van der Waals surface area (Å²) in [6.45, 7) is -0.403. The van der Waals surface area contributed by atoms with E-state index in [1.165, 1.54) is 11.3 Å². The van der Waals surface area contributed by atoms with Crippen LogP contribution in [0, 0.1) is 0 Å². The number of hydrogen-bond acceptors (Lipinski definition) is 5. The maximum absolute atomic E-state index is 11.5. The summed E-state index contributed by atoms with van der Waals surface area (Å²) in [4.78, 5) is 26.0. The van der Waals surface area contributed by atoms with Crippen LogP contribution < -0.4 is 5.73 Å². The lowest BCUT2D eigenvalue weighted by atomic mass is 10.2. The molecule has 2 rings (SSSR count). The van der Waals surface area contributed by atoms with Gasteiger partial charge in [0.25, 0.3) is 5.91 Å². The van der Waals surface area contributed by atoms with Crippen molar-refractivity contribution in [2.45, 2.75) is 0 Å². The topological polar surface area (TPSA) is 82.3 Å². The molecule has 0 aliphatic rings. The Morgan fingerprint density at radius 3 is 3.00 bits per heavy atom. The fourth-order valence-corrected chi connectivity index (χ4v) is 1.92. The highest BCUT2D eigenvalue weighted by Gasteiger charge is 2.09. The Morgan fingerprint density at radius 1 is 1.44 bits per heavy atom. The Labute approximate surface area is 94.8 Å². The van der Waals surface area contributed by atoms with Gasteiger partial charge in [0.15, 0.2) is 6.61 Å². The number of ether oxygens (including phenoxy) is 1. The van der Waals surface area contributed by atoms with Crippen molar-refractivity contribution in [1.29, 1.82) is 0 Å². The van der Waals surface area contributed by atoms with Crippen LogP contribution in [0.3, 0.4) is 0 Å². The lowest BCUT2D eigenvalue weighted by molar-refractivity contribution is -0.121. The zero-order valence-electron chi connectivity index (χ0n) is 8.17. The SMILES string of the molecule is NC(=O)COC(=O)c1ccc2ncsc2c1. The molecule has 0 spiro atoms. The highest BCUT2D eigenvalue weighted by Crippen LogP contribution is 2.19. The van der Waals surface area contributed by atoms with Gasteiger partial charge in [-0.05, 0) is 18.2 Å². The summed E-state index contributed by atoms with van der Waals surface area (Å²) in [6.07, 6.45) is 0. The maximum atomic E-state index is 11.5. The molecule has 0 radical (unpaired) electrons. The fraction of sp³-hybridized carbons (Fsp3) is 0.100. The second-order valence-corrected chi connectivity index (χ2v) is 3.96. The Hall–Kier alpha value is -1.95. The number of primary amides is 1. The average molecular weight is 236 g/mol. The molecule has 0 atom stereocenters. The van der Waals surface area contributed by atoms with Crippen LogP contribution in [0.5, 0.6) is 0 Å². The Kier molecular flexibility index (Phi) is 2.82. The van der Waals surface area contributed by atoms with E-state index < -0.39 is 18.5 Å². The molecule has 5 nitrogen and oxygen atoms in total. The minimum absolute atomic E-state index is 0.387. The smallest absolute Gasteiger partial charge is 0.338 e. The molecule has 16 heavy (non-hydrogen) atoms. The van der Waals surface area contributed by atoms with Crippen molar-refractivity contribution in [1.82, 2.24) is 4.98 Å². The predicted octanol–water partition coefficient (Wildman–Crippen LogP) is 0.938. The summed E-state index contributed by atoms with van der Waals surface area (Å²) in [7, 11) is 0. The average Bonchev–Trinajstić information content (AvgIpc) is 2.72. The number of nitrogens with zero attached hydrogens (tertiary/aromatic N) is 1. The minimum atomic E-state index is -0.674. The quantitative estimate of drug-likeness (QED) is 0.804. The van der Waals surface area contributed by atoms with Gasteiger partial charge in [-0.3, -0.25) is 4.79 Å². The van der Waals surface area contributed by atoms with Crippen molar-refractivity contribution >= 4 is 33.4 Å². The normalized spacial score (nSPS) is 10.2. The van der Waals surface area contributed by atoms with E-state index in [1.807, 2.05) is 0 Å². The van der Waals surface area contributed by atoms with E-state index in [-0.39, 0.29) is 0 Å². The molecular formula is C10H8N2O3S. The minimum Gasteiger partial charge on any atom is -0.452 e. The van der Waals surface area contributed by atoms with Crippen LogP contribution in [-0.2, 0) is 9.53 Å². The summed E-state index contributed by atoms with van der Waals surface area (Å²) in [5.74, 6) is -1.23. The van der Waals surface area contributed by atoms with E-state index in [2.05, 4.69) is 9.72 Å². The van der Waals surface area contributed by atoms with E-state index in [0.717, 1.165) is 10.2 Å². The molecule has 0 aliphatic heterocycles. The first-order valence-corrected chi connectivity index (χ1v) is 5.33. The number of fused-ring (bicyclic) bond motifs is 1. The van der Waals surface area contributed by atoms with Crippen LogP contribution in [0.15, 0.2) is 23.7 Å². The van der Waals surface area contributed by atoms with Crippen molar-refractivity contribution in [2.24, 2.45) is 5.73 Å². The van der Waals surface area contributed by atoms with E-state index in [9.17, 15) is 9.59 Å². The maximum Gasteiger partial charge on any atom is 0.338 e. The van der Waals surface area contributed by atoms with Crippen molar-refractivity contribution in [3.05, 3.63) is 29.3 Å². The van der Waals surface area contributed by atoms with Crippen LogP contribution >= 0.6 is 11.3 Å². The number of benzene rings is 1. The molecule has 0 saturated carbocycles. The third kappa shape index (κ3) is 2.17. The standard InChI is InChI=1S/C10H8N2O3S/c11-9(13)4-15-10(14)6-1-2-7-8(3-6)16-5-12-7/h1-3,5H,4H2,(H2,11,13). The van der Waals surface area contributed by atoms with Crippen molar-refractivity contribution < 1.29 is 14.3 Å². The number of rotatable bonds is 3. The number of hydrogen-bond donors (Lipinski definition) is 1. The summed E-state index contributed by atoms with van der Waals surface area (Å²) in [5.41, 5.74) is 7.78. The summed E-state index contributed by atoms with van der Waals surface area (Å²) < 4.78 is 5.58. The first-order chi connectivity index (χ1) is 7.66. The Bertz CT molecular complexity index is 550. The predicted molar refractivity (Wildman–Crippen MR) is 59.1 cm³/mol. The zero-order chi connectivity index (χ0) is 11.5. The van der Waals surface area contributed by atoms with Gasteiger partial charge in [-0.2, -0.15) is 0 Å².